The number of carbonyl (C=O) groups excluding carboxylic acids is 2. The number of carbonyl (C=O) groups is 3. The molecular formula is C27H23BrN2O5. The number of nitrogens with one attached hydrogen (secondary N) is 2. The molecule has 1 fully saturated rings. The number of para-hydroxylation sites is 1. The van der Waals surface area contributed by atoms with E-state index >= 15 is 0 Å². The molecule has 35 heavy (non-hydrogen) atoms. The minimum Gasteiger partial charge on any atom is -0.478 e. The van der Waals surface area contributed by atoms with Gasteiger partial charge in [0.2, 0.25) is 5.91 Å². The molecule has 0 bridgehead atoms. The first-order valence-electron chi connectivity index (χ1n) is 11.4. The molecule has 0 spiro atoms. The quantitative estimate of drug-likeness (QED) is 0.383. The van der Waals surface area contributed by atoms with Gasteiger partial charge in [0.25, 0.3) is 0 Å². The summed E-state index contributed by atoms with van der Waals surface area (Å²) in [6, 6.07) is 21.0. The van der Waals surface area contributed by atoms with E-state index in [0.29, 0.717) is 17.4 Å². The average Bonchev–Trinajstić information content (AvgIpc) is 3.57. The number of carboxylic acids is 1. The van der Waals surface area contributed by atoms with E-state index in [1.807, 2.05) is 24.3 Å². The number of alkyl carbamates (subject to hydrolysis) is 1. The molecule has 0 aliphatic heterocycles. The number of halogens is 1. The van der Waals surface area contributed by atoms with E-state index in [9.17, 15) is 19.5 Å². The molecule has 178 valence electrons. The molecule has 7 nitrogen and oxygen atoms in total. The number of aromatic carboxylic acids is 1. The van der Waals surface area contributed by atoms with Crippen molar-refractivity contribution in [1.29, 1.82) is 0 Å². The van der Waals surface area contributed by atoms with Gasteiger partial charge in [0, 0.05) is 22.9 Å². The molecule has 2 amide bonds. The van der Waals surface area contributed by atoms with Crippen LogP contribution in [-0.2, 0) is 9.53 Å². The number of benzene rings is 3. The third kappa shape index (κ3) is 4.66. The summed E-state index contributed by atoms with van der Waals surface area (Å²) in [4.78, 5) is 36.4. The van der Waals surface area contributed by atoms with Crippen LogP contribution in [-0.4, -0.2) is 36.2 Å². The Morgan fingerprint density at radius 1 is 0.943 bits per heavy atom. The van der Waals surface area contributed by atoms with Crippen molar-refractivity contribution < 1.29 is 24.2 Å². The number of hydrogen-bond acceptors (Lipinski definition) is 4. The van der Waals surface area contributed by atoms with Crippen LogP contribution in [0.15, 0.2) is 71.2 Å². The maximum Gasteiger partial charge on any atom is 0.407 e. The number of anilines is 1. The highest BCUT2D eigenvalue weighted by atomic mass is 79.9. The third-order valence-corrected chi connectivity index (χ3v) is 7.26. The standard InChI is InChI=1S/C27H23BrN2O5/c28-23-11-5-10-20(26(32)33)24(23)30-25(31)21-12-15(21)13-29-27(34)35-14-22-18-8-3-1-6-16(18)17-7-2-4-9-19(17)22/h1-11,15,21-22H,12-14H2,(H,29,34)(H,30,31)(H,32,33)/t15-,21-/m0/s1. The Hall–Kier alpha value is -3.65. The zero-order valence-electron chi connectivity index (χ0n) is 18.7. The Morgan fingerprint density at radius 3 is 2.26 bits per heavy atom. The van der Waals surface area contributed by atoms with Gasteiger partial charge in [-0.25, -0.2) is 9.59 Å². The topological polar surface area (TPSA) is 105 Å². The fraction of sp³-hybridized carbons (Fsp3) is 0.222. The van der Waals surface area contributed by atoms with E-state index in [1.165, 1.54) is 17.2 Å². The van der Waals surface area contributed by atoms with Gasteiger partial charge in [-0.15, -0.1) is 0 Å². The second-order valence-electron chi connectivity index (χ2n) is 8.77. The zero-order chi connectivity index (χ0) is 24.5. The highest BCUT2D eigenvalue weighted by molar-refractivity contribution is 9.10. The van der Waals surface area contributed by atoms with Gasteiger partial charge in [-0.2, -0.15) is 0 Å². The van der Waals surface area contributed by atoms with Gasteiger partial charge in [-0.05, 0) is 62.7 Å². The van der Waals surface area contributed by atoms with Gasteiger partial charge in [0.1, 0.15) is 6.61 Å². The lowest BCUT2D eigenvalue weighted by Crippen LogP contribution is -2.29. The van der Waals surface area contributed by atoms with Crippen molar-refractivity contribution in [2.24, 2.45) is 11.8 Å². The van der Waals surface area contributed by atoms with Crippen LogP contribution in [0, 0.1) is 11.8 Å². The summed E-state index contributed by atoms with van der Waals surface area (Å²) in [7, 11) is 0. The Bertz CT molecular complexity index is 1280. The highest BCUT2D eigenvalue weighted by Crippen LogP contribution is 2.44. The Morgan fingerprint density at radius 2 is 1.60 bits per heavy atom. The molecule has 2 aliphatic rings. The van der Waals surface area contributed by atoms with Gasteiger partial charge in [0.05, 0.1) is 11.3 Å². The molecule has 0 aromatic heterocycles. The number of amides is 2. The smallest absolute Gasteiger partial charge is 0.407 e. The third-order valence-electron chi connectivity index (χ3n) is 6.60. The molecule has 1 saturated carbocycles. The van der Waals surface area contributed by atoms with Crippen LogP contribution in [0.5, 0.6) is 0 Å². The second-order valence-corrected chi connectivity index (χ2v) is 9.62. The summed E-state index contributed by atoms with van der Waals surface area (Å²) >= 11 is 3.29. The Kier molecular flexibility index (Phi) is 6.30. The number of fused-ring (bicyclic) bond motifs is 3. The van der Waals surface area contributed by atoms with Gasteiger partial charge in [0.15, 0.2) is 0 Å². The molecule has 0 unspecified atom stereocenters. The maximum absolute atomic E-state index is 12.6. The minimum atomic E-state index is -1.12. The van der Waals surface area contributed by atoms with Crippen LogP contribution >= 0.6 is 15.9 Å². The van der Waals surface area contributed by atoms with E-state index in [4.69, 9.17) is 4.74 Å². The summed E-state index contributed by atoms with van der Waals surface area (Å²) in [5.74, 6) is -1.71. The molecular weight excluding hydrogens is 512 g/mol. The van der Waals surface area contributed by atoms with Gasteiger partial charge in [-0.1, -0.05) is 54.6 Å². The monoisotopic (exact) mass is 534 g/mol. The molecule has 3 aromatic rings. The molecule has 3 aromatic carbocycles. The number of hydrogen-bond donors (Lipinski definition) is 3. The van der Waals surface area contributed by atoms with E-state index in [-0.39, 0.29) is 41.5 Å². The number of ether oxygens (including phenoxy) is 1. The van der Waals surface area contributed by atoms with Crippen molar-refractivity contribution in [1.82, 2.24) is 5.32 Å². The van der Waals surface area contributed by atoms with Crippen molar-refractivity contribution in [2.75, 3.05) is 18.5 Å². The average molecular weight is 535 g/mol. The molecule has 2 aliphatic carbocycles. The summed E-state index contributed by atoms with van der Waals surface area (Å²) < 4.78 is 6.04. The van der Waals surface area contributed by atoms with E-state index in [0.717, 1.165) is 11.1 Å². The first-order chi connectivity index (χ1) is 16.9. The molecule has 5 rings (SSSR count). The predicted octanol–water partition coefficient (Wildman–Crippen LogP) is 5.26. The molecule has 0 radical (unpaired) electrons. The van der Waals surface area contributed by atoms with Crippen molar-refractivity contribution >= 4 is 39.6 Å². The normalized spacial score (nSPS) is 17.7. The first-order valence-corrected chi connectivity index (χ1v) is 12.1. The van der Waals surface area contributed by atoms with E-state index in [1.54, 1.807) is 12.1 Å². The minimum absolute atomic E-state index is 0.0136. The maximum atomic E-state index is 12.6. The van der Waals surface area contributed by atoms with Crippen molar-refractivity contribution in [3.05, 3.63) is 87.9 Å². The lowest BCUT2D eigenvalue weighted by atomic mass is 9.98. The largest absolute Gasteiger partial charge is 0.478 e. The SMILES string of the molecule is O=C(NC[C@@H]1C[C@@H]1C(=O)Nc1c(Br)cccc1C(=O)O)OCC1c2ccccc2-c2ccccc21. The van der Waals surface area contributed by atoms with Crippen LogP contribution in [0.1, 0.15) is 33.8 Å². The van der Waals surface area contributed by atoms with E-state index in [2.05, 4.69) is 50.8 Å². The summed E-state index contributed by atoms with van der Waals surface area (Å²) in [6.07, 6.45) is 0.0967. The Balaban J connectivity index is 1.13. The summed E-state index contributed by atoms with van der Waals surface area (Å²) in [5.41, 5.74) is 4.88. The molecule has 2 atom stereocenters. The first kappa shape index (κ1) is 23.1. The lowest BCUT2D eigenvalue weighted by Gasteiger charge is -2.14. The van der Waals surface area contributed by atoms with Crippen LogP contribution in [0.4, 0.5) is 10.5 Å². The van der Waals surface area contributed by atoms with Gasteiger partial charge >= 0.3 is 12.1 Å². The van der Waals surface area contributed by atoms with Gasteiger partial charge < -0.3 is 20.5 Å². The fourth-order valence-corrected chi connectivity index (χ4v) is 5.17. The van der Waals surface area contributed by atoms with Crippen LogP contribution in [0.3, 0.4) is 0 Å². The summed E-state index contributed by atoms with van der Waals surface area (Å²) in [5, 5.41) is 14.8. The van der Waals surface area contributed by atoms with Crippen molar-refractivity contribution in [3.63, 3.8) is 0 Å². The van der Waals surface area contributed by atoms with Crippen molar-refractivity contribution in [2.45, 2.75) is 12.3 Å². The van der Waals surface area contributed by atoms with Crippen LogP contribution in [0.2, 0.25) is 0 Å². The van der Waals surface area contributed by atoms with Gasteiger partial charge in [-0.3, -0.25) is 4.79 Å². The van der Waals surface area contributed by atoms with Crippen molar-refractivity contribution in [3.8, 4) is 11.1 Å². The predicted molar refractivity (Wildman–Crippen MR) is 134 cm³/mol. The van der Waals surface area contributed by atoms with Crippen LogP contribution < -0.4 is 10.6 Å². The summed E-state index contributed by atoms with van der Waals surface area (Å²) in [6.45, 7) is 0.547. The molecule has 0 heterocycles. The lowest BCUT2D eigenvalue weighted by molar-refractivity contribution is -0.117. The fourth-order valence-electron chi connectivity index (χ4n) is 4.70. The highest BCUT2D eigenvalue weighted by Gasteiger charge is 2.43. The molecule has 3 N–H and O–H groups in total. The molecule has 0 saturated heterocycles. The second kappa shape index (κ2) is 9.54. The number of carboxylic acid groups (broad SMARTS) is 1. The van der Waals surface area contributed by atoms with Crippen LogP contribution in [0.25, 0.3) is 11.1 Å². The Labute approximate surface area is 210 Å². The molecule has 8 heteroatoms. The van der Waals surface area contributed by atoms with E-state index < -0.39 is 12.1 Å². The number of rotatable bonds is 7. The zero-order valence-corrected chi connectivity index (χ0v) is 20.2.